The number of nitrogens with zero attached hydrogens (tertiary/aromatic N) is 2. The van der Waals surface area contributed by atoms with Crippen LogP contribution in [-0.2, 0) is 0 Å². The van der Waals surface area contributed by atoms with Crippen LogP contribution < -0.4 is 15.4 Å². The number of hydrogen-bond acceptors (Lipinski definition) is 6. The Morgan fingerprint density at radius 2 is 1.79 bits per heavy atom. The Kier molecular flexibility index (Phi) is 5.86. The third-order valence-electron chi connectivity index (χ3n) is 3.87. The van der Waals surface area contributed by atoms with Gasteiger partial charge in [0.1, 0.15) is 23.6 Å². The van der Waals surface area contributed by atoms with Gasteiger partial charge in [0.25, 0.3) is 5.91 Å². The average molecular weight is 397 g/mol. The van der Waals surface area contributed by atoms with Crippen LogP contribution in [0.1, 0.15) is 27.8 Å². The molecule has 1 amide bonds. The molecule has 142 valence electrons. The minimum absolute atomic E-state index is 0.0102. The molecular formula is C20H17ClN4O3. The van der Waals surface area contributed by atoms with Gasteiger partial charge in [0.05, 0.1) is 12.8 Å². The Balaban J connectivity index is 1.76. The molecule has 7 nitrogen and oxygen atoms in total. The highest BCUT2D eigenvalue weighted by molar-refractivity contribution is 6.31. The van der Waals surface area contributed by atoms with Crippen molar-refractivity contribution in [2.75, 3.05) is 17.7 Å². The number of ketones is 1. The van der Waals surface area contributed by atoms with Gasteiger partial charge in [0.2, 0.25) is 0 Å². The number of halogens is 1. The van der Waals surface area contributed by atoms with Crippen molar-refractivity contribution in [1.29, 1.82) is 0 Å². The first-order chi connectivity index (χ1) is 13.5. The standard InChI is InChI=1S/C20H17ClN4O3/c1-12(26)13-3-6-15(7-4-13)24-19-10-17(22-11-23-19)20(27)25-16-9-14(21)5-8-18(16)28-2/h3-11H,1-2H3,(H,25,27)(H,22,23,24). The molecule has 2 N–H and O–H groups in total. The maximum Gasteiger partial charge on any atom is 0.274 e. The second-order valence-electron chi connectivity index (χ2n) is 5.85. The summed E-state index contributed by atoms with van der Waals surface area (Å²) in [5.74, 6) is 0.478. The van der Waals surface area contributed by atoms with Gasteiger partial charge in [-0.15, -0.1) is 0 Å². The van der Waals surface area contributed by atoms with E-state index in [1.807, 2.05) is 0 Å². The number of hydrogen-bond donors (Lipinski definition) is 2. The smallest absolute Gasteiger partial charge is 0.274 e. The van der Waals surface area contributed by atoms with E-state index >= 15 is 0 Å². The highest BCUT2D eigenvalue weighted by Crippen LogP contribution is 2.28. The summed E-state index contributed by atoms with van der Waals surface area (Å²) in [6.07, 6.45) is 1.29. The van der Waals surface area contributed by atoms with Crippen LogP contribution in [0.15, 0.2) is 54.9 Å². The second kappa shape index (κ2) is 8.49. The Bertz CT molecular complexity index is 1020. The topological polar surface area (TPSA) is 93.2 Å². The van der Waals surface area contributed by atoms with Crippen molar-refractivity contribution in [3.8, 4) is 5.75 Å². The minimum atomic E-state index is -0.432. The number of ether oxygens (including phenoxy) is 1. The molecule has 0 atom stereocenters. The zero-order chi connectivity index (χ0) is 20.1. The lowest BCUT2D eigenvalue weighted by molar-refractivity contribution is 0.101. The molecule has 0 aliphatic heterocycles. The molecule has 2 aromatic carbocycles. The van der Waals surface area contributed by atoms with E-state index in [-0.39, 0.29) is 11.5 Å². The summed E-state index contributed by atoms with van der Waals surface area (Å²) < 4.78 is 5.22. The molecule has 0 saturated heterocycles. The quantitative estimate of drug-likeness (QED) is 0.602. The van der Waals surface area contributed by atoms with E-state index in [4.69, 9.17) is 16.3 Å². The van der Waals surface area contributed by atoms with Crippen molar-refractivity contribution in [3.63, 3.8) is 0 Å². The zero-order valence-corrected chi connectivity index (χ0v) is 15.9. The fourth-order valence-corrected chi connectivity index (χ4v) is 2.62. The van der Waals surface area contributed by atoms with Crippen LogP contribution in [0.25, 0.3) is 0 Å². The summed E-state index contributed by atoms with van der Waals surface area (Å²) in [6, 6.07) is 13.4. The number of aromatic nitrogens is 2. The predicted octanol–water partition coefficient (Wildman–Crippen LogP) is 4.34. The maximum absolute atomic E-state index is 12.6. The number of rotatable bonds is 6. The SMILES string of the molecule is COc1ccc(Cl)cc1NC(=O)c1cc(Nc2ccc(C(C)=O)cc2)ncn1. The molecule has 0 aliphatic rings. The molecule has 1 heterocycles. The molecule has 28 heavy (non-hydrogen) atoms. The largest absolute Gasteiger partial charge is 0.495 e. The minimum Gasteiger partial charge on any atom is -0.495 e. The Labute approximate surface area is 166 Å². The number of amides is 1. The van der Waals surface area contributed by atoms with Gasteiger partial charge < -0.3 is 15.4 Å². The van der Waals surface area contributed by atoms with E-state index in [1.54, 1.807) is 42.5 Å². The van der Waals surface area contributed by atoms with E-state index in [9.17, 15) is 9.59 Å². The normalized spacial score (nSPS) is 10.2. The van der Waals surface area contributed by atoms with Crippen LogP contribution in [0.2, 0.25) is 5.02 Å². The number of anilines is 3. The van der Waals surface area contributed by atoms with Gasteiger partial charge in [-0.2, -0.15) is 0 Å². The van der Waals surface area contributed by atoms with E-state index in [0.717, 1.165) is 5.69 Å². The molecule has 1 aromatic heterocycles. The first kappa shape index (κ1) is 19.3. The van der Waals surface area contributed by atoms with Crippen LogP contribution in [0, 0.1) is 0 Å². The van der Waals surface area contributed by atoms with Crippen LogP contribution in [0.5, 0.6) is 5.75 Å². The molecule has 0 bridgehead atoms. The second-order valence-corrected chi connectivity index (χ2v) is 6.28. The molecule has 0 fully saturated rings. The summed E-state index contributed by atoms with van der Waals surface area (Å²) in [5.41, 5.74) is 1.95. The van der Waals surface area contributed by atoms with Crippen molar-refractivity contribution >= 4 is 40.5 Å². The lowest BCUT2D eigenvalue weighted by atomic mass is 10.1. The number of carbonyl (C=O) groups is 2. The number of carbonyl (C=O) groups excluding carboxylic acids is 2. The van der Waals surface area contributed by atoms with Crippen molar-refractivity contribution in [2.45, 2.75) is 6.92 Å². The third kappa shape index (κ3) is 4.63. The van der Waals surface area contributed by atoms with Crippen LogP contribution in [-0.4, -0.2) is 28.8 Å². The monoisotopic (exact) mass is 396 g/mol. The summed E-state index contributed by atoms with van der Waals surface area (Å²) in [6.45, 7) is 1.51. The van der Waals surface area contributed by atoms with E-state index < -0.39 is 5.91 Å². The molecule has 0 spiro atoms. The lowest BCUT2D eigenvalue weighted by Gasteiger charge is -2.11. The zero-order valence-electron chi connectivity index (χ0n) is 15.2. The van der Waals surface area contributed by atoms with Crippen molar-refractivity contribution < 1.29 is 14.3 Å². The van der Waals surface area contributed by atoms with E-state index in [0.29, 0.717) is 27.8 Å². The summed E-state index contributed by atoms with van der Waals surface area (Å²) in [7, 11) is 1.50. The number of benzene rings is 2. The predicted molar refractivity (Wildman–Crippen MR) is 108 cm³/mol. The van der Waals surface area contributed by atoms with Gasteiger partial charge in [-0.3, -0.25) is 9.59 Å². The van der Waals surface area contributed by atoms with Gasteiger partial charge >= 0.3 is 0 Å². The Morgan fingerprint density at radius 1 is 1.04 bits per heavy atom. The number of Topliss-reactive ketones (excluding diaryl/α,β-unsaturated/α-hetero) is 1. The van der Waals surface area contributed by atoms with Crippen molar-refractivity contribution in [2.24, 2.45) is 0 Å². The van der Waals surface area contributed by atoms with Crippen molar-refractivity contribution in [3.05, 3.63) is 71.1 Å². The molecule has 3 rings (SSSR count). The van der Waals surface area contributed by atoms with Crippen LogP contribution in [0.4, 0.5) is 17.2 Å². The van der Waals surface area contributed by atoms with Gasteiger partial charge in [-0.1, -0.05) is 11.6 Å². The van der Waals surface area contributed by atoms with E-state index in [2.05, 4.69) is 20.6 Å². The molecule has 0 saturated carbocycles. The highest BCUT2D eigenvalue weighted by Gasteiger charge is 2.13. The molecule has 0 radical (unpaired) electrons. The molecule has 8 heteroatoms. The summed E-state index contributed by atoms with van der Waals surface area (Å²) >= 11 is 5.99. The van der Waals surface area contributed by atoms with Gasteiger partial charge in [0.15, 0.2) is 5.78 Å². The third-order valence-corrected chi connectivity index (χ3v) is 4.11. The molecular weight excluding hydrogens is 380 g/mol. The first-order valence-electron chi connectivity index (χ1n) is 8.31. The summed E-state index contributed by atoms with van der Waals surface area (Å²) in [4.78, 5) is 32.0. The van der Waals surface area contributed by atoms with Gasteiger partial charge in [-0.05, 0) is 49.4 Å². The van der Waals surface area contributed by atoms with E-state index in [1.165, 1.54) is 26.4 Å². The summed E-state index contributed by atoms with van der Waals surface area (Å²) in [5, 5.41) is 6.27. The highest BCUT2D eigenvalue weighted by atomic mass is 35.5. The Morgan fingerprint density at radius 3 is 2.46 bits per heavy atom. The van der Waals surface area contributed by atoms with Crippen LogP contribution in [0.3, 0.4) is 0 Å². The number of nitrogens with one attached hydrogen (secondary N) is 2. The fourth-order valence-electron chi connectivity index (χ4n) is 2.45. The average Bonchev–Trinajstić information content (AvgIpc) is 2.69. The molecule has 0 unspecified atom stereocenters. The molecule has 3 aromatic rings. The maximum atomic E-state index is 12.6. The lowest BCUT2D eigenvalue weighted by Crippen LogP contribution is -2.15. The van der Waals surface area contributed by atoms with Crippen LogP contribution >= 0.6 is 11.6 Å². The molecule has 0 aliphatic carbocycles. The fraction of sp³-hybridized carbons (Fsp3) is 0.100. The number of methoxy groups -OCH3 is 1. The Hall–Kier alpha value is -3.45. The first-order valence-corrected chi connectivity index (χ1v) is 8.69. The van der Waals surface area contributed by atoms with Crippen molar-refractivity contribution in [1.82, 2.24) is 9.97 Å². The van der Waals surface area contributed by atoms with Gasteiger partial charge in [-0.25, -0.2) is 9.97 Å². The van der Waals surface area contributed by atoms with Gasteiger partial charge in [0, 0.05) is 22.3 Å².